The van der Waals surface area contributed by atoms with Crippen molar-refractivity contribution in [3.8, 4) is 0 Å². The van der Waals surface area contributed by atoms with E-state index < -0.39 is 0 Å². The van der Waals surface area contributed by atoms with Gasteiger partial charge in [0.2, 0.25) is 5.89 Å². The zero-order valence-electron chi connectivity index (χ0n) is 12.2. The number of nitrogens with one attached hydrogen (secondary N) is 1. The normalized spacial score (nSPS) is 23.2. The van der Waals surface area contributed by atoms with E-state index in [1.54, 1.807) is 0 Å². The molecule has 1 N–H and O–H groups in total. The lowest BCUT2D eigenvalue weighted by Gasteiger charge is -2.45. The highest BCUT2D eigenvalue weighted by atomic mass is 16.5. The van der Waals surface area contributed by atoms with Crippen LogP contribution in [0.25, 0.3) is 0 Å². The van der Waals surface area contributed by atoms with Crippen molar-refractivity contribution < 1.29 is 4.52 Å². The molecule has 2 rings (SSSR count). The van der Waals surface area contributed by atoms with Gasteiger partial charge in [-0.3, -0.25) is 0 Å². The molecule has 0 bridgehead atoms. The molecule has 0 atom stereocenters. The zero-order valence-corrected chi connectivity index (χ0v) is 12.2. The second-order valence-electron chi connectivity index (χ2n) is 7.22. The number of nitrogens with zero attached hydrogens (tertiary/aromatic N) is 2. The molecule has 1 aromatic rings. The minimum atomic E-state index is 0.409. The number of aromatic nitrogens is 2. The molecule has 0 amide bonds. The topological polar surface area (TPSA) is 51.0 Å². The van der Waals surface area contributed by atoms with Gasteiger partial charge in [-0.25, -0.2) is 0 Å². The van der Waals surface area contributed by atoms with Gasteiger partial charge in [0.05, 0.1) is 6.54 Å². The van der Waals surface area contributed by atoms with E-state index in [0.29, 0.717) is 29.3 Å². The van der Waals surface area contributed by atoms with Crippen molar-refractivity contribution in [2.75, 3.05) is 0 Å². The summed E-state index contributed by atoms with van der Waals surface area (Å²) < 4.78 is 4.99. The molecular weight excluding hydrogens is 226 g/mol. The van der Waals surface area contributed by atoms with Gasteiger partial charge in [0.1, 0.15) is 0 Å². The van der Waals surface area contributed by atoms with Crippen LogP contribution >= 0.6 is 0 Å². The Morgan fingerprint density at radius 1 is 1.22 bits per heavy atom. The van der Waals surface area contributed by atoms with Gasteiger partial charge >= 0.3 is 0 Å². The molecule has 1 aliphatic rings. The molecule has 1 fully saturated rings. The van der Waals surface area contributed by atoms with Crippen LogP contribution in [-0.4, -0.2) is 16.2 Å². The van der Waals surface area contributed by atoms with E-state index >= 15 is 0 Å². The Morgan fingerprint density at radius 2 is 1.83 bits per heavy atom. The van der Waals surface area contributed by atoms with Crippen LogP contribution in [0.4, 0.5) is 0 Å². The first-order chi connectivity index (χ1) is 8.26. The Kier molecular flexibility index (Phi) is 3.49. The SMILES string of the molecule is Cc1nc(CNC2CC(C)(C)CC(C)(C)C2)no1. The predicted molar refractivity (Wildman–Crippen MR) is 71.1 cm³/mol. The molecule has 4 heteroatoms. The molecule has 0 radical (unpaired) electrons. The summed E-state index contributed by atoms with van der Waals surface area (Å²) in [4.78, 5) is 4.23. The molecule has 1 aromatic heterocycles. The fourth-order valence-electron chi connectivity index (χ4n) is 3.64. The highest BCUT2D eigenvalue weighted by Crippen LogP contribution is 2.45. The van der Waals surface area contributed by atoms with Crippen LogP contribution in [0.2, 0.25) is 0 Å². The minimum Gasteiger partial charge on any atom is -0.340 e. The Hall–Kier alpha value is -0.900. The average molecular weight is 251 g/mol. The molecule has 1 aliphatic carbocycles. The minimum absolute atomic E-state index is 0.409. The van der Waals surface area contributed by atoms with Crippen molar-refractivity contribution in [1.82, 2.24) is 15.5 Å². The lowest BCUT2D eigenvalue weighted by molar-refractivity contribution is 0.0841. The van der Waals surface area contributed by atoms with E-state index in [0.717, 1.165) is 5.82 Å². The Bertz CT molecular complexity index is 393. The molecule has 1 heterocycles. The first-order valence-electron chi connectivity index (χ1n) is 6.78. The van der Waals surface area contributed by atoms with Gasteiger partial charge in [-0.2, -0.15) is 4.98 Å². The maximum Gasteiger partial charge on any atom is 0.223 e. The van der Waals surface area contributed by atoms with E-state index in [2.05, 4.69) is 43.2 Å². The van der Waals surface area contributed by atoms with Crippen LogP contribution in [0.3, 0.4) is 0 Å². The average Bonchev–Trinajstić information content (AvgIpc) is 2.56. The summed E-state index contributed by atoms with van der Waals surface area (Å²) in [7, 11) is 0. The molecule has 102 valence electrons. The van der Waals surface area contributed by atoms with Crippen LogP contribution in [-0.2, 0) is 6.54 Å². The maximum absolute atomic E-state index is 4.99. The molecule has 1 saturated carbocycles. The van der Waals surface area contributed by atoms with E-state index in [4.69, 9.17) is 4.52 Å². The van der Waals surface area contributed by atoms with Crippen molar-refractivity contribution in [2.24, 2.45) is 10.8 Å². The summed E-state index contributed by atoms with van der Waals surface area (Å²) in [5, 5.41) is 7.50. The van der Waals surface area contributed by atoms with Crippen LogP contribution < -0.4 is 5.32 Å². The summed E-state index contributed by atoms with van der Waals surface area (Å²) in [5.41, 5.74) is 0.819. The van der Waals surface area contributed by atoms with Crippen LogP contribution in [0.1, 0.15) is 58.7 Å². The highest BCUT2D eigenvalue weighted by Gasteiger charge is 2.38. The van der Waals surface area contributed by atoms with E-state index in [1.807, 2.05) is 6.92 Å². The molecule has 18 heavy (non-hydrogen) atoms. The van der Waals surface area contributed by atoms with Gasteiger partial charge in [0.15, 0.2) is 5.82 Å². The van der Waals surface area contributed by atoms with Gasteiger partial charge in [-0.1, -0.05) is 32.9 Å². The molecule has 0 aliphatic heterocycles. The number of aryl methyl sites for hydroxylation is 1. The largest absolute Gasteiger partial charge is 0.340 e. The van der Waals surface area contributed by atoms with Gasteiger partial charge in [0, 0.05) is 13.0 Å². The second kappa shape index (κ2) is 4.65. The van der Waals surface area contributed by atoms with Gasteiger partial charge in [-0.15, -0.1) is 0 Å². The molecule has 0 saturated heterocycles. The van der Waals surface area contributed by atoms with Crippen molar-refractivity contribution in [3.63, 3.8) is 0 Å². The fourth-order valence-corrected chi connectivity index (χ4v) is 3.64. The second-order valence-corrected chi connectivity index (χ2v) is 7.22. The summed E-state index contributed by atoms with van der Waals surface area (Å²) in [5.74, 6) is 1.39. The first-order valence-corrected chi connectivity index (χ1v) is 6.78. The smallest absolute Gasteiger partial charge is 0.223 e. The van der Waals surface area contributed by atoms with Crippen molar-refractivity contribution in [3.05, 3.63) is 11.7 Å². The van der Waals surface area contributed by atoms with Gasteiger partial charge in [-0.05, 0) is 30.1 Å². The van der Waals surface area contributed by atoms with Crippen molar-refractivity contribution in [1.29, 1.82) is 0 Å². The number of hydrogen-bond donors (Lipinski definition) is 1. The van der Waals surface area contributed by atoms with Crippen molar-refractivity contribution >= 4 is 0 Å². The van der Waals surface area contributed by atoms with Gasteiger partial charge in [0.25, 0.3) is 0 Å². The van der Waals surface area contributed by atoms with Crippen molar-refractivity contribution in [2.45, 2.75) is 66.5 Å². The van der Waals surface area contributed by atoms with E-state index in [1.165, 1.54) is 19.3 Å². The lowest BCUT2D eigenvalue weighted by atomic mass is 9.63. The summed E-state index contributed by atoms with van der Waals surface area (Å²) >= 11 is 0. The molecule has 0 unspecified atom stereocenters. The Morgan fingerprint density at radius 3 is 2.33 bits per heavy atom. The summed E-state index contributed by atoms with van der Waals surface area (Å²) in [6, 6.07) is 0.544. The van der Waals surface area contributed by atoms with Crippen LogP contribution in [0.5, 0.6) is 0 Å². The number of rotatable bonds is 3. The number of hydrogen-bond acceptors (Lipinski definition) is 4. The summed E-state index contributed by atoms with van der Waals surface area (Å²) in [6.45, 7) is 12.0. The molecule has 0 aromatic carbocycles. The van der Waals surface area contributed by atoms with Gasteiger partial charge < -0.3 is 9.84 Å². The lowest BCUT2D eigenvalue weighted by Crippen LogP contribution is -2.43. The molecular formula is C14H25N3O. The summed E-state index contributed by atoms with van der Waals surface area (Å²) in [6.07, 6.45) is 3.72. The highest BCUT2D eigenvalue weighted by molar-refractivity contribution is 4.93. The third kappa shape index (κ3) is 3.55. The first kappa shape index (κ1) is 13.5. The quantitative estimate of drug-likeness (QED) is 0.897. The Labute approximate surface area is 110 Å². The Balaban J connectivity index is 1.93. The third-order valence-electron chi connectivity index (χ3n) is 3.67. The predicted octanol–water partition coefficient (Wildman–Crippen LogP) is 3.07. The fraction of sp³-hybridized carbons (Fsp3) is 0.857. The molecule has 0 spiro atoms. The monoisotopic (exact) mass is 251 g/mol. The van der Waals surface area contributed by atoms with E-state index in [9.17, 15) is 0 Å². The standard InChI is InChI=1S/C14H25N3O/c1-10-16-12(17-18-10)8-15-11-6-13(2,3)9-14(4,5)7-11/h11,15H,6-9H2,1-5H3. The van der Waals surface area contributed by atoms with E-state index in [-0.39, 0.29) is 0 Å². The maximum atomic E-state index is 4.99. The van der Waals surface area contributed by atoms with Crippen LogP contribution in [0, 0.1) is 17.8 Å². The van der Waals surface area contributed by atoms with Crippen LogP contribution in [0.15, 0.2) is 4.52 Å². The third-order valence-corrected chi connectivity index (χ3v) is 3.67. The zero-order chi connectivity index (χ0) is 13.4. The molecule has 4 nitrogen and oxygen atoms in total.